The first-order valence-corrected chi connectivity index (χ1v) is 8.51. The van der Waals surface area contributed by atoms with Crippen molar-refractivity contribution in [3.63, 3.8) is 0 Å². The minimum atomic E-state index is -4.82. The smallest absolute Gasteiger partial charge is 0.504 e. The van der Waals surface area contributed by atoms with Gasteiger partial charge in [0.25, 0.3) is 0 Å². The van der Waals surface area contributed by atoms with Gasteiger partial charge < -0.3 is 18.8 Å². The van der Waals surface area contributed by atoms with Crippen LogP contribution in [0.5, 0.6) is 17.2 Å². The van der Waals surface area contributed by atoms with Gasteiger partial charge in [-0.1, -0.05) is 12.1 Å². The van der Waals surface area contributed by atoms with Gasteiger partial charge in [-0.3, -0.25) is 14.6 Å². The molecular weight excluding hydrogens is 351 g/mol. The summed E-state index contributed by atoms with van der Waals surface area (Å²) in [4.78, 5) is 30.2. The van der Waals surface area contributed by atoms with Crippen molar-refractivity contribution in [2.75, 3.05) is 7.11 Å². The van der Waals surface area contributed by atoms with Crippen molar-refractivity contribution in [2.24, 2.45) is 0 Å². The number of benzene rings is 2. The van der Waals surface area contributed by atoms with E-state index in [0.717, 1.165) is 12.1 Å². The molecule has 2 aromatic carbocycles. The second-order valence-electron chi connectivity index (χ2n) is 5.05. The topological polar surface area (TPSA) is 126 Å². The van der Waals surface area contributed by atoms with Crippen molar-refractivity contribution in [1.29, 1.82) is 0 Å². The summed E-state index contributed by atoms with van der Waals surface area (Å²) in [5, 5.41) is 10.3. The fourth-order valence-electron chi connectivity index (χ4n) is 2.36. The van der Waals surface area contributed by atoms with Gasteiger partial charge in [0.2, 0.25) is 11.2 Å². The standard InChI is InChI=1S/C16H13O8P/c1-22-16-14(18)10-4-2-3-5-12(10)23-15(16)9-6-7-13(11(17)8-9)24-25(19,20)21/h2-8,17H,1H3,(H2,19,20,21). The Labute approximate surface area is 141 Å². The van der Waals surface area contributed by atoms with Gasteiger partial charge in [-0.15, -0.1) is 0 Å². The number of phosphoric ester groups is 1. The number of hydrogen-bond donors (Lipinski definition) is 3. The highest BCUT2D eigenvalue weighted by Crippen LogP contribution is 2.43. The van der Waals surface area contributed by atoms with E-state index in [9.17, 15) is 14.5 Å². The van der Waals surface area contributed by atoms with Crippen LogP contribution in [0.3, 0.4) is 0 Å². The van der Waals surface area contributed by atoms with Crippen LogP contribution in [-0.2, 0) is 4.57 Å². The molecule has 0 bridgehead atoms. The van der Waals surface area contributed by atoms with Gasteiger partial charge in [0.1, 0.15) is 5.58 Å². The zero-order valence-electron chi connectivity index (χ0n) is 12.9. The molecule has 0 saturated carbocycles. The van der Waals surface area contributed by atoms with Crippen LogP contribution in [0.15, 0.2) is 51.7 Å². The molecule has 3 rings (SSSR count). The second-order valence-corrected chi connectivity index (χ2v) is 6.22. The van der Waals surface area contributed by atoms with E-state index in [0.29, 0.717) is 11.0 Å². The molecule has 0 fully saturated rings. The molecule has 9 heteroatoms. The van der Waals surface area contributed by atoms with E-state index >= 15 is 0 Å². The predicted octanol–water partition coefficient (Wildman–Crippen LogP) is 2.65. The van der Waals surface area contributed by atoms with Gasteiger partial charge in [0.05, 0.1) is 12.5 Å². The monoisotopic (exact) mass is 364 g/mol. The summed E-state index contributed by atoms with van der Waals surface area (Å²) in [6, 6.07) is 10.3. The number of ether oxygens (including phenoxy) is 1. The molecule has 1 heterocycles. The lowest BCUT2D eigenvalue weighted by atomic mass is 10.1. The fraction of sp³-hybridized carbons (Fsp3) is 0.0625. The third-order valence-electron chi connectivity index (χ3n) is 3.40. The largest absolute Gasteiger partial charge is 0.524 e. The summed E-state index contributed by atoms with van der Waals surface area (Å²) in [6.45, 7) is 0. The lowest BCUT2D eigenvalue weighted by Gasteiger charge is -2.11. The number of phosphoric acid groups is 1. The number of methoxy groups -OCH3 is 1. The Morgan fingerprint density at radius 3 is 2.48 bits per heavy atom. The first-order chi connectivity index (χ1) is 11.8. The quantitative estimate of drug-likeness (QED) is 0.603. The summed E-state index contributed by atoms with van der Waals surface area (Å²) in [6.07, 6.45) is 0. The normalized spacial score (nSPS) is 11.5. The molecule has 0 amide bonds. The van der Waals surface area contributed by atoms with Gasteiger partial charge in [-0.05, 0) is 30.3 Å². The summed E-state index contributed by atoms with van der Waals surface area (Å²) in [7, 11) is -3.50. The number of hydrogen-bond acceptors (Lipinski definition) is 6. The molecule has 3 aromatic rings. The molecule has 25 heavy (non-hydrogen) atoms. The van der Waals surface area contributed by atoms with Crippen LogP contribution in [0.1, 0.15) is 0 Å². The van der Waals surface area contributed by atoms with E-state index in [4.69, 9.17) is 18.9 Å². The molecule has 0 radical (unpaired) electrons. The minimum absolute atomic E-state index is 0.0539. The molecule has 0 aliphatic rings. The summed E-state index contributed by atoms with van der Waals surface area (Å²) in [5.41, 5.74) is 0.225. The average Bonchev–Trinajstić information content (AvgIpc) is 2.55. The van der Waals surface area contributed by atoms with Crippen molar-refractivity contribution in [2.45, 2.75) is 0 Å². The first kappa shape index (κ1) is 17.0. The van der Waals surface area contributed by atoms with Gasteiger partial charge >= 0.3 is 7.82 Å². The van der Waals surface area contributed by atoms with E-state index in [1.54, 1.807) is 24.3 Å². The maximum atomic E-state index is 12.5. The van der Waals surface area contributed by atoms with E-state index in [1.165, 1.54) is 13.2 Å². The van der Waals surface area contributed by atoms with Crippen LogP contribution < -0.4 is 14.7 Å². The van der Waals surface area contributed by atoms with Crippen LogP contribution in [-0.4, -0.2) is 22.0 Å². The van der Waals surface area contributed by atoms with E-state index < -0.39 is 19.3 Å². The molecule has 8 nitrogen and oxygen atoms in total. The molecule has 0 saturated heterocycles. The van der Waals surface area contributed by atoms with Gasteiger partial charge in [0, 0.05) is 5.56 Å². The molecule has 0 unspecified atom stereocenters. The Morgan fingerprint density at radius 1 is 1.12 bits per heavy atom. The average molecular weight is 364 g/mol. The number of para-hydroxylation sites is 1. The van der Waals surface area contributed by atoms with Crippen molar-refractivity contribution in [1.82, 2.24) is 0 Å². The maximum absolute atomic E-state index is 12.5. The summed E-state index contributed by atoms with van der Waals surface area (Å²) in [5.74, 6) is -0.913. The number of phenols is 1. The third kappa shape index (κ3) is 3.36. The maximum Gasteiger partial charge on any atom is 0.524 e. The van der Waals surface area contributed by atoms with Gasteiger partial charge in [-0.2, -0.15) is 0 Å². The second kappa shape index (κ2) is 6.25. The number of fused-ring (bicyclic) bond motifs is 1. The molecular formula is C16H13O8P. The Kier molecular flexibility index (Phi) is 4.26. The third-order valence-corrected chi connectivity index (χ3v) is 3.83. The molecule has 0 atom stereocenters. The zero-order valence-corrected chi connectivity index (χ0v) is 13.8. The SMILES string of the molecule is COc1c(-c2ccc(OP(=O)(O)O)c(O)c2)oc2ccccc2c1=O. The molecule has 0 aliphatic heterocycles. The van der Waals surface area contributed by atoms with Gasteiger partial charge in [-0.25, -0.2) is 4.57 Å². The van der Waals surface area contributed by atoms with E-state index in [2.05, 4.69) is 4.52 Å². The minimum Gasteiger partial charge on any atom is -0.504 e. The molecule has 3 N–H and O–H groups in total. The fourth-order valence-corrected chi connectivity index (χ4v) is 2.77. The molecule has 0 aliphatic carbocycles. The van der Waals surface area contributed by atoms with Crippen molar-refractivity contribution >= 4 is 18.8 Å². The van der Waals surface area contributed by atoms with Crippen LogP contribution in [0, 0.1) is 0 Å². The highest BCUT2D eigenvalue weighted by molar-refractivity contribution is 7.46. The van der Waals surface area contributed by atoms with Crippen LogP contribution in [0.2, 0.25) is 0 Å². The van der Waals surface area contributed by atoms with Crippen molar-refractivity contribution in [3.8, 4) is 28.6 Å². The molecule has 0 spiro atoms. The Bertz CT molecular complexity index is 1050. The molecule has 130 valence electrons. The van der Waals surface area contributed by atoms with E-state index in [-0.39, 0.29) is 22.5 Å². The van der Waals surface area contributed by atoms with Crippen LogP contribution in [0.4, 0.5) is 0 Å². The Morgan fingerprint density at radius 2 is 1.84 bits per heavy atom. The van der Waals surface area contributed by atoms with Crippen LogP contribution >= 0.6 is 7.82 Å². The Hall–Kier alpha value is -2.80. The highest BCUT2D eigenvalue weighted by Gasteiger charge is 2.21. The summed E-state index contributed by atoms with van der Waals surface area (Å²) < 4.78 is 26.1. The van der Waals surface area contributed by atoms with Gasteiger partial charge in [0.15, 0.2) is 17.3 Å². The lowest BCUT2D eigenvalue weighted by Crippen LogP contribution is -2.07. The predicted molar refractivity (Wildman–Crippen MR) is 88.8 cm³/mol. The van der Waals surface area contributed by atoms with E-state index in [1.807, 2.05) is 0 Å². The van der Waals surface area contributed by atoms with Crippen molar-refractivity contribution in [3.05, 3.63) is 52.7 Å². The van der Waals surface area contributed by atoms with Crippen molar-refractivity contribution < 1.29 is 33.1 Å². The number of rotatable bonds is 4. The van der Waals surface area contributed by atoms with Crippen LogP contribution in [0.25, 0.3) is 22.3 Å². The number of aromatic hydroxyl groups is 1. The molecule has 1 aromatic heterocycles. The summed E-state index contributed by atoms with van der Waals surface area (Å²) >= 11 is 0. The zero-order chi connectivity index (χ0) is 18.2. The number of phenolic OH excluding ortho intramolecular Hbond substituents is 1. The first-order valence-electron chi connectivity index (χ1n) is 6.98. The lowest BCUT2D eigenvalue weighted by molar-refractivity contribution is 0.278. The highest BCUT2D eigenvalue weighted by atomic mass is 31.2. The Balaban J connectivity index is 2.18.